The molecule has 0 radical (unpaired) electrons. The Morgan fingerprint density at radius 2 is 1.89 bits per heavy atom. The van der Waals surface area contributed by atoms with Crippen LogP contribution in [0.4, 0.5) is 13.2 Å². The summed E-state index contributed by atoms with van der Waals surface area (Å²) in [5, 5.41) is 11.1. The van der Waals surface area contributed by atoms with E-state index in [-0.39, 0.29) is 29.2 Å². The Morgan fingerprint density at radius 1 is 1.11 bits per heavy atom. The molecule has 1 aromatic heterocycles. The van der Waals surface area contributed by atoms with Crippen LogP contribution in [0.3, 0.4) is 0 Å². The monoisotopic (exact) mass is 507 g/mol. The third-order valence-corrected chi connectivity index (χ3v) is 10.6. The summed E-state index contributed by atoms with van der Waals surface area (Å²) in [6.45, 7) is 5.25. The minimum Gasteiger partial charge on any atom is -0.387 e. The molecule has 7 heteroatoms. The Bertz CT molecular complexity index is 967. The summed E-state index contributed by atoms with van der Waals surface area (Å²) < 4.78 is 46.0. The molecular weight excluding hydrogens is 467 g/mol. The van der Waals surface area contributed by atoms with Gasteiger partial charge in [-0.25, -0.2) is 0 Å². The molecule has 0 aromatic carbocycles. The fourth-order valence-corrected chi connectivity index (χ4v) is 9.04. The number of alkyl halides is 3. The first-order valence-corrected chi connectivity index (χ1v) is 13.9. The van der Waals surface area contributed by atoms with Crippen LogP contribution < -0.4 is 0 Å². The first-order valence-electron chi connectivity index (χ1n) is 13.9. The molecule has 1 aromatic rings. The maximum Gasteiger partial charge on any atom is 0.418 e. The standard InChI is InChI=1S/C29H40F3NO3/c1-3-36-17-28(35)13-11-19-18(16-28)6-7-21-20(19)10-12-27(2)22(21)8-9-24(27)26(34)15-25-23(29(30,31)32)5-4-14-33-25/h4-5,14,18-22,24,35H,3,6-13,15-17H2,1-2H3/t18-,19+,20-,21-,22+,24-,27+,28-/m1/s1. The normalized spacial score (nSPS) is 40.3. The van der Waals surface area contributed by atoms with E-state index in [1.807, 2.05) is 6.92 Å². The number of nitrogens with zero attached hydrogens (tertiary/aromatic N) is 1. The molecule has 4 aliphatic rings. The quantitative estimate of drug-likeness (QED) is 0.495. The largest absolute Gasteiger partial charge is 0.418 e. The summed E-state index contributed by atoms with van der Waals surface area (Å²) in [5.74, 6) is 2.59. The lowest BCUT2D eigenvalue weighted by molar-refractivity contribution is -0.139. The van der Waals surface area contributed by atoms with E-state index in [4.69, 9.17) is 4.74 Å². The fourth-order valence-electron chi connectivity index (χ4n) is 9.04. The minimum absolute atomic E-state index is 0.0741. The molecule has 4 fully saturated rings. The second-order valence-electron chi connectivity index (χ2n) is 12.4. The van der Waals surface area contributed by atoms with Gasteiger partial charge in [0.2, 0.25) is 0 Å². The molecule has 4 aliphatic carbocycles. The lowest BCUT2D eigenvalue weighted by atomic mass is 9.49. The lowest BCUT2D eigenvalue weighted by Gasteiger charge is -2.57. The predicted molar refractivity (Wildman–Crippen MR) is 130 cm³/mol. The van der Waals surface area contributed by atoms with E-state index in [1.54, 1.807) is 0 Å². The molecular formula is C29H40F3NO3. The van der Waals surface area contributed by atoms with Crippen LogP contribution in [0.5, 0.6) is 0 Å². The van der Waals surface area contributed by atoms with E-state index in [0.717, 1.165) is 63.9 Å². The number of halogens is 3. The number of Topliss-reactive ketones (excluding diaryl/α,β-unsaturated/α-hetero) is 1. The van der Waals surface area contributed by atoms with Gasteiger partial charge in [-0.1, -0.05) is 6.92 Å². The van der Waals surface area contributed by atoms with Crippen LogP contribution in [-0.4, -0.2) is 34.7 Å². The molecule has 5 rings (SSSR count). The van der Waals surface area contributed by atoms with Gasteiger partial charge in [0.15, 0.2) is 0 Å². The number of ketones is 1. The number of hydrogen-bond donors (Lipinski definition) is 1. The van der Waals surface area contributed by atoms with Crippen molar-refractivity contribution in [3.63, 3.8) is 0 Å². The van der Waals surface area contributed by atoms with E-state index < -0.39 is 17.3 Å². The Labute approximate surface area is 212 Å². The third kappa shape index (κ3) is 4.63. The van der Waals surface area contributed by atoms with E-state index in [2.05, 4.69) is 11.9 Å². The molecule has 200 valence electrons. The van der Waals surface area contributed by atoms with Crippen molar-refractivity contribution in [2.24, 2.45) is 40.9 Å². The van der Waals surface area contributed by atoms with Crippen LogP contribution in [-0.2, 0) is 22.1 Å². The molecule has 0 saturated heterocycles. The van der Waals surface area contributed by atoms with Crippen molar-refractivity contribution in [1.29, 1.82) is 0 Å². The highest BCUT2D eigenvalue weighted by Crippen LogP contribution is 2.64. The average molecular weight is 508 g/mol. The maximum atomic E-state index is 13.5. The highest BCUT2D eigenvalue weighted by atomic mass is 19.4. The lowest BCUT2D eigenvalue weighted by Crippen LogP contribution is -2.52. The molecule has 0 spiro atoms. The summed E-state index contributed by atoms with van der Waals surface area (Å²) in [5.41, 5.74) is -1.76. The Morgan fingerprint density at radius 3 is 2.64 bits per heavy atom. The van der Waals surface area contributed by atoms with Crippen molar-refractivity contribution >= 4 is 5.78 Å². The van der Waals surface area contributed by atoms with Crippen molar-refractivity contribution in [3.8, 4) is 0 Å². The maximum absolute atomic E-state index is 13.5. The van der Waals surface area contributed by atoms with E-state index in [0.29, 0.717) is 42.8 Å². The van der Waals surface area contributed by atoms with Crippen molar-refractivity contribution in [1.82, 2.24) is 4.98 Å². The number of aliphatic hydroxyl groups is 1. The summed E-state index contributed by atoms with van der Waals surface area (Å²) >= 11 is 0. The Hall–Kier alpha value is -1.47. The molecule has 1 heterocycles. The highest BCUT2D eigenvalue weighted by Gasteiger charge is 2.59. The zero-order valence-corrected chi connectivity index (χ0v) is 21.5. The molecule has 0 aliphatic heterocycles. The molecule has 0 amide bonds. The summed E-state index contributed by atoms with van der Waals surface area (Å²) in [6.07, 6.45) is 5.36. The molecule has 0 bridgehead atoms. The van der Waals surface area contributed by atoms with Crippen LogP contribution in [0.15, 0.2) is 18.3 Å². The van der Waals surface area contributed by atoms with E-state index in [1.165, 1.54) is 12.3 Å². The van der Waals surface area contributed by atoms with Crippen LogP contribution in [0.25, 0.3) is 0 Å². The SMILES string of the molecule is CCOC[C@@]1(O)CC[C@H]2[C@H](CC[C@@H]3[C@@H]2CC[C@]2(C)[C@@H](C(=O)Cc4ncccc4C(F)(F)F)CC[C@@H]32)C1. The van der Waals surface area contributed by atoms with Gasteiger partial charge in [0.25, 0.3) is 0 Å². The van der Waals surface area contributed by atoms with Gasteiger partial charge in [-0.2, -0.15) is 13.2 Å². The topological polar surface area (TPSA) is 59.4 Å². The van der Waals surface area contributed by atoms with Gasteiger partial charge in [-0.3, -0.25) is 9.78 Å². The average Bonchev–Trinajstić information content (AvgIpc) is 3.19. The van der Waals surface area contributed by atoms with Crippen molar-refractivity contribution in [2.75, 3.05) is 13.2 Å². The Kier molecular flexibility index (Phi) is 7.03. The second kappa shape index (κ2) is 9.68. The summed E-state index contributed by atoms with van der Waals surface area (Å²) in [6, 6.07) is 2.31. The summed E-state index contributed by atoms with van der Waals surface area (Å²) in [4.78, 5) is 17.4. The zero-order chi connectivity index (χ0) is 25.7. The first kappa shape index (κ1) is 26.1. The number of pyridine rings is 1. The van der Waals surface area contributed by atoms with Gasteiger partial charge < -0.3 is 9.84 Å². The molecule has 4 saturated carbocycles. The number of carbonyl (C=O) groups excluding carboxylic acids is 1. The minimum atomic E-state index is -4.50. The van der Waals surface area contributed by atoms with Crippen LogP contribution >= 0.6 is 0 Å². The smallest absolute Gasteiger partial charge is 0.387 e. The molecule has 36 heavy (non-hydrogen) atoms. The summed E-state index contributed by atoms with van der Waals surface area (Å²) in [7, 11) is 0. The number of rotatable bonds is 6. The van der Waals surface area contributed by atoms with Gasteiger partial charge in [0, 0.05) is 25.1 Å². The highest BCUT2D eigenvalue weighted by molar-refractivity contribution is 5.84. The number of aromatic nitrogens is 1. The number of carbonyl (C=O) groups is 1. The first-order chi connectivity index (χ1) is 17.1. The van der Waals surface area contributed by atoms with Crippen LogP contribution in [0.1, 0.15) is 82.9 Å². The molecule has 1 N–H and O–H groups in total. The van der Waals surface area contributed by atoms with Gasteiger partial charge in [-0.05, 0) is 112 Å². The van der Waals surface area contributed by atoms with Gasteiger partial charge in [0.1, 0.15) is 5.78 Å². The molecule has 8 atom stereocenters. The zero-order valence-electron chi connectivity index (χ0n) is 21.5. The fraction of sp³-hybridized carbons (Fsp3) is 0.793. The van der Waals surface area contributed by atoms with E-state index in [9.17, 15) is 23.1 Å². The van der Waals surface area contributed by atoms with E-state index >= 15 is 0 Å². The van der Waals surface area contributed by atoms with Gasteiger partial charge >= 0.3 is 6.18 Å². The second-order valence-corrected chi connectivity index (χ2v) is 12.4. The van der Waals surface area contributed by atoms with Gasteiger partial charge in [-0.15, -0.1) is 0 Å². The van der Waals surface area contributed by atoms with Crippen molar-refractivity contribution in [2.45, 2.75) is 89.8 Å². The predicted octanol–water partition coefficient (Wildman–Crippen LogP) is 6.25. The number of hydrogen-bond acceptors (Lipinski definition) is 4. The van der Waals surface area contributed by atoms with Crippen LogP contribution in [0.2, 0.25) is 0 Å². The number of ether oxygens (including phenoxy) is 1. The van der Waals surface area contributed by atoms with Crippen LogP contribution in [0, 0.1) is 40.9 Å². The van der Waals surface area contributed by atoms with Gasteiger partial charge in [0.05, 0.1) is 23.5 Å². The molecule has 4 nitrogen and oxygen atoms in total. The van der Waals surface area contributed by atoms with Crippen molar-refractivity contribution in [3.05, 3.63) is 29.6 Å². The Balaban J connectivity index is 1.28. The van der Waals surface area contributed by atoms with Crippen molar-refractivity contribution < 1.29 is 27.8 Å². The number of fused-ring (bicyclic) bond motifs is 5. The molecule has 0 unspecified atom stereocenters. The third-order valence-electron chi connectivity index (χ3n) is 10.6.